The van der Waals surface area contributed by atoms with Crippen molar-refractivity contribution in [3.63, 3.8) is 0 Å². The molecule has 0 aromatic heterocycles. The summed E-state index contributed by atoms with van der Waals surface area (Å²) in [5.74, 6) is 2.48. The fraction of sp³-hybridized carbons (Fsp3) is 0.429. The maximum absolute atomic E-state index is 13.9. The fourth-order valence-corrected chi connectivity index (χ4v) is 1.78. The Morgan fingerprint density at radius 3 is 2.88 bits per heavy atom. The average molecular weight is 219 g/mol. The average Bonchev–Trinajstić information content (AvgIpc) is 2.28. The smallest absolute Gasteiger partial charge is 0.130 e. The van der Waals surface area contributed by atoms with Gasteiger partial charge in [-0.3, -0.25) is 0 Å². The van der Waals surface area contributed by atoms with Crippen LogP contribution in [0.15, 0.2) is 18.2 Å². The Labute approximate surface area is 97.1 Å². The zero-order chi connectivity index (χ0) is 12.0. The van der Waals surface area contributed by atoms with E-state index in [4.69, 9.17) is 6.42 Å². The zero-order valence-corrected chi connectivity index (χ0v) is 9.89. The molecule has 0 aliphatic carbocycles. The molecule has 0 amide bonds. The predicted molar refractivity (Wildman–Crippen MR) is 65.6 cm³/mol. The van der Waals surface area contributed by atoms with E-state index in [1.165, 1.54) is 0 Å². The van der Waals surface area contributed by atoms with Crippen LogP contribution in [0.2, 0.25) is 0 Å². The van der Waals surface area contributed by atoms with Gasteiger partial charge < -0.3 is 5.32 Å². The Morgan fingerprint density at radius 1 is 1.50 bits per heavy atom. The highest BCUT2D eigenvalue weighted by Crippen LogP contribution is 2.23. The maximum Gasteiger partial charge on any atom is 0.130 e. The van der Waals surface area contributed by atoms with Crippen LogP contribution < -0.4 is 5.32 Å². The summed E-state index contributed by atoms with van der Waals surface area (Å²) in [5.41, 5.74) is 1.40. The first kappa shape index (κ1) is 12.7. The minimum absolute atomic E-state index is 0.0148. The van der Waals surface area contributed by atoms with Gasteiger partial charge >= 0.3 is 0 Å². The van der Waals surface area contributed by atoms with Crippen molar-refractivity contribution in [3.05, 3.63) is 35.1 Å². The minimum atomic E-state index is -0.120. The van der Waals surface area contributed by atoms with Crippen molar-refractivity contribution in [2.45, 2.75) is 32.7 Å². The lowest BCUT2D eigenvalue weighted by atomic mass is 9.99. The Morgan fingerprint density at radius 2 is 2.25 bits per heavy atom. The molecule has 1 N–H and O–H groups in total. The quantitative estimate of drug-likeness (QED) is 0.750. The molecule has 0 spiro atoms. The first-order valence-electron chi connectivity index (χ1n) is 5.62. The molecule has 0 radical (unpaired) electrons. The van der Waals surface area contributed by atoms with Crippen molar-refractivity contribution in [2.75, 3.05) is 6.54 Å². The normalized spacial score (nSPS) is 12.1. The number of aryl methyl sites for hydroxylation is 1. The van der Waals surface area contributed by atoms with Gasteiger partial charge in [0, 0.05) is 18.0 Å². The molecular formula is C14H18FN. The number of rotatable bonds is 5. The van der Waals surface area contributed by atoms with Crippen molar-refractivity contribution >= 4 is 0 Å². The zero-order valence-electron chi connectivity index (χ0n) is 9.89. The van der Waals surface area contributed by atoms with Crippen LogP contribution in [0.3, 0.4) is 0 Å². The van der Waals surface area contributed by atoms with Gasteiger partial charge in [0.1, 0.15) is 5.82 Å². The molecule has 1 rings (SSSR count). The molecule has 1 aromatic rings. The lowest BCUT2D eigenvalue weighted by Crippen LogP contribution is -2.22. The third-order valence-corrected chi connectivity index (χ3v) is 2.62. The molecular weight excluding hydrogens is 201 g/mol. The number of hydrogen-bond donors (Lipinski definition) is 1. The van der Waals surface area contributed by atoms with E-state index in [0.29, 0.717) is 12.0 Å². The summed E-state index contributed by atoms with van der Waals surface area (Å²) in [6.45, 7) is 4.60. The van der Waals surface area contributed by atoms with Gasteiger partial charge in [0.15, 0.2) is 0 Å². The van der Waals surface area contributed by atoms with Crippen LogP contribution in [0.4, 0.5) is 4.39 Å². The van der Waals surface area contributed by atoms with E-state index in [2.05, 4.69) is 11.2 Å². The van der Waals surface area contributed by atoms with Gasteiger partial charge in [0.25, 0.3) is 0 Å². The summed E-state index contributed by atoms with van der Waals surface area (Å²) in [5, 5.41) is 3.27. The van der Waals surface area contributed by atoms with Crippen molar-refractivity contribution in [1.82, 2.24) is 5.32 Å². The molecule has 1 atom stereocenters. The Hall–Kier alpha value is -1.33. The molecule has 1 nitrogen and oxygen atoms in total. The minimum Gasteiger partial charge on any atom is -0.310 e. The highest BCUT2D eigenvalue weighted by molar-refractivity contribution is 5.27. The molecule has 1 unspecified atom stereocenters. The van der Waals surface area contributed by atoms with Crippen LogP contribution in [0, 0.1) is 25.1 Å². The third-order valence-electron chi connectivity index (χ3n) is 2.62. The molecule has 0 bridgehead atoms. The van der Waals surface area contributed by atoms with Crippen LogP contribution >= 0.6 is 0 Å². The number of halogens is 1. The molecule has 0 saturated carbocycles. The van der Waals surface area contributed by atoms with E-state index in [0.717, 1.165) is 18.5 Å². The summed E-state index contributed by atoms with van der Waals surface area (Å²) in [4.78, 5) is 0. The van der Waals surface area contributed by atoms with E-state index < -0.39 is 0 Å². The Kier molecular flexibility index (Phi) is 5.01. The van der Waals surface area contributed by atoms with Crippen LogP contribution in [-0.2, 0) is 0 Å². The second-order valence-corrected chi connectivity index (χ2v) is 3.83. The summed E-state index contributed by atoms with van der Waals surface area (Å²) in [7, 11) is 0. The molecule has 0 saturated heterocycles. The van der Waals surface area contributed by atoms with Crippen LogP contribution in [0.1, 0.15) is 36.9 Å². The van der Waals surface area contributed by atoms with Gasteiger partial charge in [-0.15, -0.1) is 12.3 Å². The van der Waals surface area contributed by atoms with E-state index in [-0.39, 0.29) is 11.9 Å². The highest BCUT2D eigenvalue weighted by Gasteiger charge is 2.14. The predicted octanol–water partition coefficient (Wildman–Crippen LogP) is 3.20. The van der Waals surface area contributed by atoms with Crippen LogP contribution in [0.5, 0.6) is 0 Å². The monoisotopic (exact) mass is 219 g/mol. The molecule has 16 heavy (non-hydrogen) atoms. The highest BCUT2D eigenvalue weighted by atomic mass is 19.1. The van der Waals surface area contributed by atoms with E-state index in [9.17, 15) is 4.39 Å². The molecule has 1 aromatic carbocycles. The number of nitrogens with one attached hydrogen (secondary N) is 1. The second-order valence-electron chi connectivity index (χ2n) is 3.83. The number of hydrogen-bond acceptors (Lipinski definition) is 1. The largest absolute Gasteiger partial charge is 0.310 e. The second kappa shape index (κ2) is 6.30. The molecule has 0 aliphatic rings. The van der Waals surface area contributed by atoms with Crippen molar-refractivity contribution in [3.8, 4) is 12.3 Å². The van der Waals surface area contributed by atoms with Crippen LogP contribution in [-0.4, -0.2) is 6.54 Å². The van der Waals surface area contributed by atoms with Crippen molar-refractivity contribution in [1.29, 1.82) is 0 Å². The van der Waals surface area contributed by atoms with Gasteiger partial charge in [0.2, 0.25) is 0 Å². The van der Waals surface area contributed by atoms with Gasteiger partial charge in [0.05, 0.1) is 0 Å². The van der Waals surface area contributed by atoms with Gasteiger partial charge in [-0.05, 0) is 25.5 Å². The molecule has 2 heteroatoms. The Bertz CT molecular complexity index is 379. The summed E-state index contributed by atoms with van der Waals surface area (Å²) in [6, 6.07) is 5.50. The molecule has 0 aliphatic heterocycles. The first-order chi connectivity index (χ1) is 7.70. The Balaban J connectivity index is 2.92. The molecule has 86 valence electrons. The van der Waals surface area contributed by atoms with Crippen molar-refractivity contribution < 1.29 is 4.39 Å². The maximum atomic E-state index is 13.9. The number of terminal acetylenes is 1. The number of benzene rings is 1. The van der Waals surface area contributed by atoms with Gasteiger partial charge in [-0.25, -0.2) is 4.39 Å². The molecule has 0 fully saturated rings. The van der Waals surface area contributed by atoms with Gasteiger partial charge in [-0.1, -0.05) is 25.1 Å². The fourth-order valence-electron chi connectivity index (χ4n) is 1.78. The van der Waals surface area contributed by atoms with Crippen molar-refractivity contribution in [2.24, 2.45) is 0 Å². The summed E-state index contributed by atoms with van der Waals surface area (Å²) < 4.78 is 13.9. The van der Waals surface area contributed by atoms with E-state index >= 15 is 0 Å². The standard InChI is InChI=1S/C14H18FN/c1-4-6-10-13(16-5-2)12-9-7-8-11(3)14(12)15/h1,7-9,13,16H,5-6,10H2,2-3H3. The SMILES string of the molecule is C#CCCC(NCC)c1cccc(C)c1F. The van der Waals surface area contributed by atoms with Crippen LogP contribution in [0.25, 0.3) is 0 Å². The summed E-state index contributed by atoms with van der Waals surface area (Å²) in [6.07, 6.45) is 6.67. The van der Waals surface area contributed by atoms with Gasteiger partial charge in [-0.2, -0.15) is 0 Å². The van der Waals surface area contributed by atoms with E-state index in [1.54, 1.807) is 13.0 Å². The first-order valence-corrected chi connectivity index (χ1v) is 5.62. The lowest BCUT2D eigenvalue weighted by Gasteiger charge is -2.18. The topological polar surface area (TPSA) is 12.0 Å². The summed E-state index contributed by atoms with van der Waals surface area (Å²) >= 11 is 0. The third kappa shape index (κ3) is 3.08. The molecule has 0 heterocycles. The van der Waals surface area contributed by atoms with E-state index in [1.807, 2.05) is 19.1 Å². The lowest BCUT2D eigenvalue weighted by molar-refractivity contribution is 0.488.